The third kappa shape index (κ3) is 16.3. The molecule has 1 heterocycles. The van der Waals surface area contributed by atoms with Gasteiger partial charge in [-0.3, -0.25) is 24.1 Å². The molecule has 0 aliphatic carbocycles. The van der Waals surface area contributed by atoms with Gasteiger partial charge in [-0.15, -0.1) is 0 Å². The van der Waals surface area contributed by atoms with Crippen LogP contribution in [0.2, 0.25) is 0 Å². The number of carbonyl (C=O) groups is 6. The molecular formula is C52H81N5O11. The van der Waals surface area contributed by atoms with E-state index >= 15 is 0 Å². The number of methoxy groups -OCH3 is 3. The largest absolute Gasteiger partial charge is 0.514 e. The maximum atomic E-state index is 14.7. The molecule has 4 amide bonds. The van der Waals surface area contributed by atoms with Crippen LogP contribution in [0, 0.1) is 23.7 Å². The first kappa shape index (κ1) is 57.3. The van der Waals surface area contributed by atoms with E-state index in [2.05, 4.69) is 10.6 Å². The number of nitrogens with one attached hydrogen (secondary N) is 2. The number of likely N-dealkylation sites (N-methyl/N-ethyl adjacent to an activating group) is 2. The molecule has 16 nitrogen and oxygen atoms in total. The lowest BCUT2D eigenvalue weighted by molar-refractivity contribution is -0.149. The Kier molecular flexibility index (Phi) is 22.4. The summed E-state index contributed by atoms with van der Waals surface area (Å²) in [7, 11) is 7.90. The number of amides is 4. The lowest BCUT2D eigenvalue weighted by atomic mass is 9.89. The standard InChI is InChI=1S/C52H81N5O11/c1-16-34(6)45(41(64-13)30-42(58)57-28-20-23-40(57)46(65-14)35(7)47(59)53-39(50(62)66-15)29-36-21-18-17-19-22-36)56(12)49(61)43(32(2)3)54-48(60)44(33(4)5)55(11)31-37-24-26-38(27-25-37)67-51(63)68-52(8,9)10/h17-19,21-22,24-27,32-35,39-41,43-46H,16,20,23,28-31H2,1-15H3,(H,53,59)(H,54,60). The lowest BCUT2D eigenvalue weighted by Crippen LogP contribution is -2.60. The van der Waals surface area contributed by atoms with Gasteiger partial charge in [0.25, 0.3) is 0 Å². The Bertz CT molecular complexity index is 1940. The second kappa shape index (κ2) is 26.6. The molecule has 0 radical (unpaired) electrons. The second-order valence-corrected chi connectivity index (χ2v) is 19.9. The third-order valence-electron chi connectivity index (χ3n) is 12.9. The smallest absolute Gasteiger partial charge is 0.467 e. The van der Waals surface area contributed by atoms with Crippen LogP contribution < -0.4 is 15.4 Å². The van der Waals surface area contributed by atoms with E-state index in [-0.39, 0.29) is 48.3 Å². The summed E-state index contributed by atoms with van der Waals surface area (Å²) < 4.78 is 27.6. The minimum Gasteiger partial charge on any atom is -0.467 e. The van der Waals surface area contributed by atoms with Crippen molar-refractivity contribution < 1.29 is 52.5 Å². The Morgan fingerprint density at radius 3 is 1.97 bits per heavy atom. The Labute approximate surface area is 405 Å². The molecule has 380 valence electrons. The lowest BCUT2D eigenvalue weighted by Gasteiger charge is -2.41. The van der Waals surface area contributed by atoms with E-state index in [1.54, 1.807) is 56.7 Å². The van der Waals surface area contributed by atoms with E-state index in [4.69, 9.17) is 23.7 Å². The monoisotopic (exact) mass is 952 g/mol. The molecule has 2 N–H and O–H groups in total. The molecule has 1 fully saturated rings. The van der Waals surface area contributed by atoms with Gasteiger partial charge in [0.2, 0.25) is 23.6 Å². The van der Waals surface area contributed by atoms with Gasteiger partial charge in [0.1, 0.15) is 23.4 Å². The highest BCUT2D eigenvalue weighted by Crippen LogP contribution is 2.30. The Morgan fingerprint density at radius 2 is 1.44 bits per heavy atom. The first-order chi connectivity index (χ1) is 32.0. The molecule has 9 unspecified atom stereocenters. The second-order valence-electron chi connectivity index (χ2n) is 19.9. The minimum atomic E-state index is -0.914. The third-order valence-corrected chi connectivity index (χ3v) is 12.9. The van der Waals surface area contributed by atoms with Gasteiger partial charge >= 0.3 is 12.1 Å². The zero-order valence-corrected chi connectivity index (χ0v) is 43.3. The number of rotatable bonds is 24. The number of esters is 1. The zero-order chi connectivity index (χ0) is 51.0. The summed E-state index contributed by atoms with van der Waals surface area (Å²) >= 11 is 0. The van der Waals surface area contributed by atoms with Crippen LogP contribution >= 0.6 is 0 Å². The molecule has 2 aromatic carbocycles. The van der Waals surface area contributed by atoms with Gasteiger partial charge in [-0.05, 0) is 81.7 Å². The van der Waals surface area contributed by atoms with Gasteiger partial charge in [-0.1, -0.05) is 97.4 Å². The summed E-state index contributed by atoms with van der Waals surface area (Å²) in [4.78, 5) is 87.3. The Balaban J connectivity index is 1.76. The zero-order valence-electron chi connectivity index (χ0n) is 43.3. The summed E-state index contributed by atoms with van der Waals surface area (Å²) in [5.41, 5.74) is 1.06. The van der Waals surface area contributed by atoms with Crippen LogP contribution in [0.1, 0.15) is 106 Å². The molecule has 0 spiro atoms. The molecule has 1 aliphatic heterocycles. The van der Waals surface area contributed by atoms with E-state index in [0.717, 1.165) is 11.1 Å². The summed E-state index contributed by atoms with van der Waals surface area (Å²) in [5, 5.41) is 5.96. The number of ether oxygens (including phenoxy) is 5. The maximum absolute atomic E-state index is 14.7. The molecule has 2 aromatic rings. The number of nitrogens with zero attached hydrogens (tertiary/aromatic N) is 3. The molecule has 1 saturated heterocycles. The quantitative estimate of drug-likeness (QED) is 0.0872. The van der Waals surface area contributed by atoms with E-state index in [0.29, 0.717) is 38.1 Å². The summed E-state index contributed by atoms with van der Waals surface area (Å²) in [6.45, 7) is 19.6. The van der Waals surface area contributed by atoms with Crippen molar-refractivity contribution in [2.24, 2.45) is 23.7 Å². The molecule has 1 aliphatic rings. The molecule has 3 rings (SSSR count). The highest BCUT2D eigenvalue weighted by atomic mass is 16.7. The fraction of sp³-hybridized carbons (Fsp3) is 0.654. The van der Waals surface area contributed by atoms with Crippen LogP contribution in [0.25, 0.3) is 0 Å². The maximum Gasteiger partial charge on any atom is 0.514 e. The fourth-order valence-electron chi connectivity index (χ4n) is 9.19. The van der Waals surface area contributed by atoms with Gasteiger partial charge in [0.05, 0.1) is 49.8 Å². The SMILES string of the molecule is CCC(C)C(C(CC(=O)N1CCCC1C(OC)C(C)C(=O)NC(Cc1ccccc1)C(=O)OC)OC)N(C)C(=O)C(NC(=O)C(C(C)C)N(C)Cc1ccc(OC(=O)OC(C)(C)C)cc1)C(C)C. The predicted octanol–water partition coefficient (Wildman–Crippen LogP) is 6.42. The average molecular weight is 952 g/mol. The molecule has 0 bridgehead atoms. The van der Waals surface area contributed by atoms with Crippen LogP contribution in [0.5, 0.6) is 5.75 Å². The fourth-order valence-corrected chi connectivity index (χ4v) is 9.19. The van der Waals surface area contributed by atoms with E-state index in [1.165, 1.54) is 21.3 Å². The van der Waals surface area contributed by atoms with E-state index < -0.39 is 72.0 Å². The van der Waals surface area contributed by atoms with E-state index in [1.807, 2.05) is 96.0 Å². The van der Waals surface area contributed by atoms with Crippen molar-refractivity contribution in [1.29, 1.82) is 0 Å². The highest BCUT2D eigenvalue weighted by Gasteiger charge is 2.44. The van der Waals surface area contributed by atoms with Gasteiger partial charge in [-0.2, -0.15) is 0 Å². The van der Waals surface area contributed by atoms with Crippen LogP contribution in [-0.4, -0.2) is 140 Å². The van der Waals surface area contributed by atoms with Crippen LogP contribution in [0.3, 0.4) is 0 Å². The Hall–Kier alpha value is -5.06. The number of carbonyl (C=O) groups excluding carboxylic acids is 6. The molecule has 68 heavy (non-hydrogen) atoms. The normalized spacial score (nSPS) is 17.6. The van der Waals surface area contributed by atoms with Gasteiger partial charge in [-0.25, -0.2) is 9.59 Å². The number of benzene rings is 2. The van der Waals surface area contributed by atoms with Crippen molar-refractivity contribution in [3.05, 3.63) is 65.7 Å². The Morgan fingerprint density at radius 1 is 0.809 bits per heavy atom. The van der Waals surface area contributed by atoms with Crippen molar-refractivity contribution in [2.45, 2.75) is 156 Å². The van der Waals surface area contributed by atoms with Crippen LogP contribution in [0.15, 0.2) is 54.6 Å². The number of likely N-dealkylation sites (tertiary alicyclic amines) is 1. The summed E-state index contributed by atoms with van der Waals surface area (Å²) in [5.74, 6) is -2.63. The molecule has 16 heteroatoms. The summed E-state index contributed by atoms with van der Waals surface area (Å²) in [6, 6.07) is 13.0. The van der Waals surface area contributed by atoms with Crippen LogP contribution in [-0.2, 0) is 55.9 Å². The number of hydrogen-bond donors (Lipinski definition) is 2. The molecule has 0 aromatic heterocycles. The minimum absolute atomic E-state index is 0.0365. The summed E-state index contributed by atoms with van der Waals surface area (Å²) in [6.07, 6.45) is 0.0307. The topological polar surface area (TPSA) is 182 Å². The molecule has 9 atom stereocenters. The van der Waals surface area contributed by atoms with Crippen molar-refractivity contribution in [2.75, 3.05) is 42.0 Å². The van der Waals surface area contributed by atoms with Crippen molar-refractivity contribution in [3.63, 3.8) is 0 Å². The van der Waals surface area contributed by atoms with Gasteiger partial charge < -0.3 is 44.1 Å². The van der Waals surface area contributed by atoms with Crippen molar-refractivity contribution in [3.8, 4) is 5.75 Å². The van der Waals surface area contributed by atoms with E-state index in [9.17, 15) is 28.8 Å². The van der Waals surface area contributed by atoms with Crippen LogP contribution in [0.4, 0.5) is 4.79 Å². The van der Waals surface area contributed by atoms with Crippen molar-refractivity contribution in [1.82, 2.24) is 25.3 Å². The molecule has 0 saturated carbocycles. The first-order valence-electron chi connectivity index (χ1n) is 24.0. The molecular weight excluding hydrogens is 871 g/mol. The highest BCUT2D eigenvalue weighted by molar-refractivity contribution is 5.90. The average Bonchev–Trinajstić information content (AvgIpc) is 3.77. The van der Waals surface area contributed by atoms with Crippen molar-refractivity contribution >= 4 is 35.8 Å². The first-order valence-corrected chi connectivity index (χ1v) is 24.0. The predicted molar refractivity (Wildman–Crippen MR) is 260 cm³/mol. The van der Waals surface area contributed by atoms with Gasteiger partial charge in [0, 0.05) is 40.8 Å². The van der Waals surface area contributed by atoms with Gasteiger partial charge in [0.15, 0.2) is 0 Å². The number of hydrogen-bond acceptors (Lipinski definition) is 12.